The summed E-state index contributed by atoms with van der Waals surface area (Å²) in [6.45, 7) is 3.73. The van der Waals surface area contributed by atoms with E-state index in [-0.39, 0.29) is 12.5 Å². The smallest absolute Gasteiger partial charge is 0.407 e. The highest BCUT2D eigenvalue weighted by molar-refractivity contribution is 5.89. The molecule has 0 bridgehead atoms. The molecule has 1 unspecified atom stereocenters. The van der Waals surface area contributed by atoms with Crippen molar-refractivity contribution in [2.24, 2.45) is 0 Å². The van der Waals surface area contributed by atoms with Crippen molar-refractivity contribution in [1.29, 1.82) is 0 Å². The maximum atomic E-state index is 12.4. The molecule has 3 rings (SSSR count). The molecular formula is C24H28N2O5. The summed E-state index contributed by atoms with van der Waals surface area (Å²) in [5.74, 6) is -1.70. The van der Waals surface area contributed by atoms with Gasteiger partial charge >= 0.3 is 12.1 Å². The van der Waals surface area contributed by atoms with Gasteiger partial charge in [-0.3, -0.25) is 4.79 Å². The third kappa shape index (κ3) is 5.05. The largest absolute Gasteiger partial charge is 0.480 e. The van der Waals surface area contributed by atoms with Gasteiger partial charge in [0.1, 0.15) is 18.7 Å². The molecule has 0 radical (unpaired) electrons. The van der Waals surface area contributed by atoms with Crippen molar-refractivity contribution < 1.29 is 24.2 Å². The van der Waals surface area contributed by atoms with E-state index in [1.54, 1.807) is 6.92 Å². The van der Waals surface area contributed by atoms with Crippen LogP contribution < -0.4 is 10.6 Å². The zero-order chi connectivity index (χ0) is 22.4. The van der Waals surface area contributed by atoms with E-state index in [0.29, 0.717) is 19.3 Å². The average molecular weight is 424 g/mol. The molecule has 2 aromatic rings. The number of carbonyl (C=O) groups is 3. The molecule has 0 fully saturated rings. The number of fused-ring (bicyclic) bond motifs is 3. The zero-order valence-electron chi connectivity index (χ0n) is 17.8. The number of rotatable bonds is 9. The Kier molecular flexibility index (Phi) is 7.28. The van der Waals surface area contributed by atoms with E-state index in [1.807, 2.05) is 43.3 Å². The molecule has 0 saturated carbocycles. The lowest BCUT2D eigenvalue weighted by molar-refractivity contribution is -0.142. The molecule has 2 aromatic carbocycles. The van der Waals surface area contributed by atoms with Crippen LogP contribution in [0.25, 0.3) is 11.1 Å². The van der Waals surface area contributed by atoms with Crippen LogP contribution in [0.4, 0.5) is 4.79 Å². The van der Waals surface area contributed by atoms with E-state index in [2.05, 4.69) is 22.8 Å². The number of nitrogens with one attached hydrogen (secondary N) is 2. The van der Waals surface area contributed by atoms with Gasteiger partial charge in [-0.2, -0.15) is 0 Å². The number of hydrogen-bond donors (Lipinski definition) is 3. The molecule has 2 amide bonds. The van der Waals surface area contributed by atoms with E-state index < -0.39 is 30.1 Å². The first kappa shape index (κ1) is 22.3. The van der Waals surface area contributed by atoms with E-state index in [9.17, 15) is 19.5 Å². The summed E-state index contributed by atoms with van der Waals surface area (Å²) in [5, 5.41) is 14.3. The van der Waals surface area contributed by atoms with Crippen LogP contribution in [0, 0.1) is 0 Å². The quantitative estimate of drug-likeness (QED) is 0.570. The van der Waals surface area contributed by atoms with Gasteiger partial charge in [-0.05, 0) is 35.1 Å². The number of carboxylic acid groups (broad SMARTS) is 1. The van der Waals surface area contributed by atoms with Crippen LogP contribution in [-0.2, 0) is 14.3 Å². The maximum absolute atomic E-state index is 12.4. The molecule has 1 aliphatic rings. The van der Waals surface area contributed by atoms with E-state index in [4.69, 9.17) is 4.74 Å². The van der Waals surface area contributed by atoms with Crippen molar-refractivity contribution in [1.82, 2.24) is 10.6 Å². The number of carbonyl (C=O) groups excluding carboxylic acids is 2. The van der Waals surface area contributed by atoms with Crippen LogP contribution in [0.5, 0.6) is 0 Å². The number of amides is 2. The van der Waals surface area contributed by atoms with Crippen LogP contribution in [0.1, 0.15) is 50.2 Å². The van der Waals surface area contributed by atoms with Gasteiger partial charge < -0.3 is 20.5 Å². The first-order valence-corrected chi connectivity index (χ1v) is 10.6. The lowest BCUT2D eigenvalue weighted by atomic mass is 9.98. The third-order valence-electron chi connectivity index (χ3n) is 5.55. The molecule has 1 aliphatic carbocycles. The van der Waals surface area contributed by atoms with Crippen LogP contribution in [0.15, 0.2) is 48.5 Å². The topological polar surface area (TPSA) is 105 Å². The highest BCUT2D eigenvalue weighted by atomic mass is 16.5. The van der Waals surface area contributed by atoms with Crippen molar-refractivity contribution in [3.05, 3.63) is 59.7 Å². The maximum Gasteiger partial charge on any atom is 0.407 e. The predicted molar refractivity (Wildman–Crippen MR) is 117 cm³/mol. The van der Waals surface area contributed by atoms with Crippen molar-refractivity contribution in [3.63, 3.8) is 0 Å². The Balaban J connectivity index is 1.62. The van der Waals surface area contributed by atoms with E-state index in [1.165, 1.54) is 0 Å². The second kappa shape index (κ2) is 10.1. The normalized spacial score (nSPS) is 14.1. The summed E-state index contributed by atoms with van der Waals surface area (Å²) in [7, 11) is 0. The summed E-state index contributed by atoms with van der Waals surface area (Å²) in [6.07, 6.45) is 0.552. The molecule has 0 saturated heterocycles. The van der Waals surface area contributed by atoms with Gasteiger partial charge in [0.25, 0.3) is 0 Å². The molecule has 7 nitrogen and oxygen atoms in total. The molecule has 0 aromatic heterocycles. The average Bonchev–Trinajstić information content (AvgIpc) is 3.09. The summed E-state index contributed by atoms with van der Waals surface area (Å²) >= 11 is 0. The summed E-state index contributed by atoms with van der Waals surface area (Å²) < 4.78 is 5.48. The predicted octanol–water partition coefficient (Wildman–Crippen LogP) is 3.67. The Morgan fingerprint density at radius 3 is 2.03 bits per heavy atom. The molecule has 0 aliphatic heterocycles. The van der Waals surface area contributed by atoms with Crippen LogP contribution in [-0.4, -0.2) is 41.8 Å². The summed E-state index contributed by atoms with van der Waals surface area (Å²) in [4.78, 5) is 36.1. The van der Waals surface area contributed by atoms with Gasteiger partial charge in [-0.25, -0.2) is 9.59 Å². The number of alkyl carbamates (subject to hydrolysis) is 1. The Labute approximate surface area is 181 Å². The Morgan fingerprint density at radius 2 is 1.52 bits per heavy atom. The lowest BCUT2D eigenvalue weighted by Gasteiger charge is -2.21. The molecule has 164 valence electrons. The Morgan fingerprint density at radius 1 is 0.935 bits per heavy atom. The SMILES string of the molecule is CCCC(NC(=O)[C@@H](CC)NC(=O)OCC1c2ccccc2-c2ccccc21)C(=O)O. The van der Waals surface area contributed by atoms with Crippen molar-refractivity contribution in [3.8, 4) is 11.1 Å². The standard InChI is InChI=1S/C24H28N2O5/c1-3-9-21(23(28)29)25-22(27)20(4-2)26-24(30)31-14-19-17-12-7-5-10-15(17)16-11-6-8-13-18(16)19/h5-8,10-13,19-21H,3-4,9,14H2,1-2H3,(H,25,27)(H,26,30)(H,28,29)/t20-,21?/m1/s1. The van der Waals surface area contributed by atoms with Crippen molar-refractivity contribution >= 4 is 18.0 Å². The van der Waals surface area contributed by atoms with E-state index >= 15 is 0 Å². The fourth-order valence-electron chi connectivity index (χ4n) is 3.95. The van der Waals surface area contributed by atoms with Gasteiger partial charge in [-0.15, -0.1) is 0 Å². The second-order valence-electron chi connectivity index (χ2n) is 7.62. The second-order valence-corrected chi connectivity index (χ2v) is 7.62. The molecular weight excluding hydrogens is 396 g/mol. The molecule has 0 spiro atoms. The fraction of sp³-hybridized carbons (Fsp3) is 0.375. The van der Waals surface area contributed by atoms with Crippen LogP contribution in [0.3, 0.4) is 0 Å². The van der Waals surface area contributed by atoms with E-state index in [0.717, 1.165) is 22.3 Å². The van der Waals surface area contributed by atoms with Crippen molar-refractivity contribution in [2.75, 3.05) is 6.61 Å². The van der Waals surface area contributed by atoms with Gasteiger partial charge in [0.15, 0.2) is 0 Å². The minimum Gasteiger partial charge on any atom is -0.480 e. The Bertz CT molecular complexity index is 913. The molecule has 0 heterocycles. The summed E-state index contributed by atoms with van der Waals surface area (Å²) in [5.41, 5.74) is 4.47. The summed E-state index contributed by atoms with van der Waals surface area (Å²) in [6, 6.07) is 14.2. The Hall–Kier alpha value is -3.35. The number of aliphatic carboxylic acids is 1. The number of carboxylic acids is 1. The number of hydrogen-bond acceptors (Lipinski definition) is 4. The van der Waals surface area contributed by atoms with Gasteiger partial charge in [0.05, 0.1) is 0 Å². The molecule has 7 heteroatoms. The molecule has 3 N–H and O–H groups in total. The lowest BCUT2D eigenvalue weighted by Crippen LogP contribution is -2.51. The molecule has 31 heavy (non-hydrogen) atoms. The first-order valence-electron chi connectivity index (χ1n) is 10.6. The minimum atomic E-state index is -1.09. The van der Waals surface area contributed by atoms with Crippen LogP contribution >= 0.6 is 0 Å². The fourth-order valence-corrected chi connectivity index (χ4v) is 3.95. The molecule has 2 atom stereocenters. The highest BCUT2D eigenvalue weighted by Gasteiger charge is 2.30. The monoisotopic (exact) mass is 424 g/mol. The number of benzene rings is 2. The highest BCUT2D eigenvalue weighted by Crippen LogP contribution is 2.44. The third-order valence-corrected chi connectivity index (χ3v) is 5.55. The van der Waals surface area contributed by atoms with Gasteiger partial charge in [0.2, 0.25) is 5.91 Å². The van der Waals surface area contributed by atoms with Crippen molar-refractivity contribution in [2.45, 2.75) is 51.1 Å². The number of ether oxygens (including phenoxy) is 1. The first-order chi connectivity index (χ1) is 15.0. The minimum absolute atomic E-state index is 0.0759. The van der Waals surface area contributed by atoms with Gasteiger partial charge in [0, 0.05) is 5.92 Å². The van der Waals surface area contributed by atoms with Crippen LogP contribution in [0.2, 0.25) is 0 Å². The van der Waals surface area contributed by atoms with Gasteiger partial charge in [-0.1, -0.05) is 68.8 Å². The zero-order valence-corrected chi connectivity index (χ0v) is 17.8.